The van der Waals surface area contributed by atoms with Gasteiger partial charge in [0.25, 0.3) is 0 Å². The van der Waals surface area contributed by atoms with Crippen molar-refractivity contribution in [1.29, 1.82) is 10.5 Å². The molecule has 0 N–H and O–H groups in total. The molecule has 2 aliphatic rings. The first-order chi connectivity index (χ1) is 9.78. The second-order valence-electron chi connectivity index (χ2n) is 5.06. The number of fused-ring (bicyclic) bond motifs is 1. The molecule has 2 aliphatic heterocycles. The lowest BCUT2D eigenvalue weighted by molar-refractivity contribution is -0.138. The van der Waals surface area contributed by atoms with E-state index in [9.17, 15) is 22.0 Å². The molecule has 0 aromatic heterocycles. The highest BCUT2D eigenvalue weighted by Crippen LogP contribution is 2.61. The Hall–Kier alpha value is -2.19. The van der Waals surface area contributed by atoms with Crippen LogP contribution in [-0.2, 0) is 18.1 Å². The lowest BCUT2D eigenvalue weighted by Gasteiger charge is -2.19. The number of nitriles is 2. The van der Waals surface area contributed by atoms with E-state index in [4.69, 9.17) is 10.5 Å². The zero-order chi connectivity index (χ0) is 15.6. The van der Waals surface area contributed by atoms with E-state index >= 15 is 0 Å². The fraction of sp³-hybridized carbons (Fsp3) is 0.385. The number of alkyl halides is 3. The Morgan fingerprint density at radius 2 is 1.71 bits per heavy atom. The minimum atomic E-state index is -5.00. The predicted octanol–water partition coefficient (Wildman–Crippen LogP) is 2.45. The Bertz CT molecular complexity index is 732. The van der Waals surface area contributed by atoms with Gasteiger partial charge >= 0.3 is 6.18 Å². The minimum absolute atomic E-state index is 0.296. The topological polar surface area (TPSA) is 50.6 Å². The van der Waals surface area contributed by atoms with E-state index in [1.54, 1.807) is 11.0 Å². The van der Waals surface area contributed by atoms with Gasteiger partial charge in [-0.25, -0.2) is 8.78 Å². The van der Waals surface area contributed by atoms with Gasteiger partial charge in [-0.1, -0.05) is 0 Å². The minimum Gasteiger partial charge on any atom is -0.287 e. The first-order valence-corrected chi connectivity index (χ1v) is 5.91. The molecule has 3 nitrogen and oxygen atoms in total. The van der Waals surface area contributed by atoms with Gasteiger partial charge in [0.2, 0.25) is 0 Å². The van der Waals surface area contributed by atoms with E-state index in [-0.39, 0.29) is 0 Å². The molecule has 0 amide bonds. The van der Waals surface area contributed by atoms with Crippen LogP contribution in [0.4, 0.5) is 22.0 Å². The fourth-order valence-electron chi connectivity index (χ4n) is 2.72. The van der Waals surface area contributed by atoms with Crippen molar-refractivity contribution in [2.45, 2.75) is 18.1 Å². The van der Waals surface area contributed by atoms with E-state index < -0.39 is 52.0 Å². The molecule has 2 saturated heterocycles. The average molecular weight is 299 g/mol. The third-order valence-electron chi connectivity index (χ3n) is 3.90. The molecular formula is C13H6F5N3. The second kappa shape index (κ2) is 3.92. The van der Waals surface area contributed by atoms with Gasteiger partial charge in [-0.2, -0.15) is 23.7 Å². The summed E-state index contributed by atoms with van der Waals surface area (Å²) >= 11 is 0. The van der Waals surface area contributed by atoms with E-state index in [1.807, 2.05) is 0 Å². The maximum atomic E-state index is 14.0. The molecular weight excluding hydrogens is 293 g/mol. The number of halogens is 5. The smallest absolute Gasteiger partial charge is 0.287 e. The maximum absolute atomic E-state index is 14.0. The molecule has 0 spiro atoms. The Labute approximate surface area is 115 Å². The van der Waals surface area contributed by atoms with Crippen LogP contribution in [0.2, 0.25) is 0 Å². The molecule has 0 atom stereocenters. The summed E-state index contributed by atoms with van der Waals surface area (Å²) in [4.78, 5) is 1.62. The van der Waals surface area contributed by atoms with Gasteiger partial charge in [-0.05, 0) is 5.56 Å². The van der Waals surface area contributed by atoms with Crippen molar-refractivity contribution in [3.63, 3.8) is 0 Å². The third kappa shape index (κ3) is 1.72. The summed E-state index contributed by atoms with van der Waals surface area (Å²) in [7, 11) is 0. The molecule has 1 aromatic carbocycles. The van der Waals surface area contributed by atoms with Crippen LogP contribution in [0.5, 0.6) is 0 Å². The van der Waals surface area contributed by atoms with Crippen LogP contribution in [-0.4, -0.2) is 18.0 Å². The maximum Gasteiger partial charge on any atom is 0.418 e. The first kappa shape index (κ1) is 13.8. The Balaban J connectivity index is 2.41. The van der Waals surface area contributed by atoms with Gasteiger partial charge in [0.1, 0.15) is 11.6 Å². The average Bonchev–Trinajstić information content (AvgIpc) is 3.22. The molecule has 0 saturated carbocycles. The summed E-state index contributed by atoms with van der Waals surface area (Å²) in [5.74, 6) is -3.38. The van der Waals surface area contributed by atoms with Crippen molar-refractivity contribution in [3.05, 3.63) is 33.9 Å². The van der Waals surface area contributed by atoms with Crippen LogP contribution < -0.4 is 0 Å². The summed E-state index contributed by atoms with van der Waals surface area (Å²) in [6, 6.07) is 2.65. The first-order valence-electron chi connectivity index (χ1n) is 5.91. The summed E-state index contributed by atoms with van der Waals surface area (Å²) < 4.78 is 67.5. The normalized spacial score (nSPS) is 25.8. The summed E-state index contributed by atoms with van der Waals surface area (Å²) in [5.41, 5.74) is -4.82. The van der Waals surface area contributed by atoms with E-state index in [0.29, 0.717) is 13.1 Å². The van der Waals surface area contributed by atoms with Crippen molar-refractivity contribution < 1.29 is 22.0 Å². The largest absolute Gasteiger partial charge is 0.418 e. The second-order valence-corrected chi connectivity index (χ2v) is 5.06. The highest BCUT2D eigenvalue weighted by molar-refractivity contribution is 5.59. The van der Waals surface area contributed by atoms with Crippen molar-refractivity contribution in [2.75, 3.05) is 13.1 Å². The number of hydrogen-bond acceptors (Lipinski definition) is 3. The lowest BCUT2D eigenvalue weighted by atomic mass is 9.86. The molecule has 0 aliphatic carbocycles. The lowest BCUT2D eigenvalue weighted by Crippen LogP contribution is -2.21. The summed E-state index contributed by atoms with van der Waals surface area (Å²) in [5, 5.41) is 17.5. The van der Waals surface area contributed by atoms with Crippen molar-refractivity contribution >= 4 is 0 Å². The van der Waals surface area contributed by atoms with Gasteiger partial charge < -0.3 is 0 Å². The summed E-state index contributed by atoms with van der Waals surface area (Å²) in [6.07, 6.45) is -5.67. The Morgan fingerprint density at radius 1 is 1.14 bits per heavy atom. The van der Waals surface area contributed by atoms with E-state index in [1.165, 1.54) is 0 Å². The molecule has 0 radical (unpaired) electrons. The van der Waals surface area contributed by atoms with Gasteiger partial charge in [0.15, 0.2) is 11.6 Å². The van der Waals surface area contributed by atoms with Crippen molar-refractivity contribution in [3.8, 4) is 12.1 Å². The van der Waals surface area contributed by atoms with Crippen LogP contribution in [0.25, 0.3) is 0 Å². The number of hydrogen-bond donors (Lipinski definition) is 0. The van der Waals surface area contributed by atoms with Crippen LogP contribution in [0.15, 0.2) is 0 Å². The van der Waals surface area contributed by atoms with Gasteiger partial charge in [0, 0.05) is 18.7 Å². The Morgan fingerprint density at radius 3 is 2.10 bits per heavy atom. The van der Waals surface area contributed by atoms with Crippen LogP contribution in [0.1, 0.15) is 22.3 Å². The third-order valence-corrected chi connectivity index (χ3v) is 3.90. The molecule has 0 unspecified atom stereocenters. The zero-order valence-electron chi connectivity index (χ0n) is 10.4. The molecule has 21 heavy (non-hydrogen) atoms. The molecule has 0 bridgehead atoms. The van der Waals surface area contributed by atoms with E-state index in [0.717, 1.165) is 6.07 Å². The Kier molecular flexibility index (Phi) is 2.57. The standard InChI is InChI=1S/C13H6F5N3/c14-10-6(1-2-19)8(12-4-21(12)5-12)9(13(16,17)18)7(3-20)11(10)15/h1,4-5H2. The van der Waals surface area contributed by atoms with Crippen molar-refractivity contribution in [1.82, 2.24) is 4.90 Å². The van der Waals surface area contributed by atoms with Gasteiger partial charge in [-0.15, -0.1) is 0 Å². The van der Waals surface area contributed by atoms with Gasteiger partial charge in [-0.3, -0.25) is 4.90 Å². The molecule has 3 rings (SSSR count). The van der Waals surface area contributed by atoms with Gasteiger partial charge in [0.05, 0.1) is 23.6 Å². The molecule has 108 valence electrons. The molecule has 2 heterocycles. The SMILES string of the molecule is N#CCc1c(F)c(F)c(C#N)c(C(F)(F)F)c1C12CN1C2. The van der Waals surface area contributed by atoms with Crippen LogP contribution >= 0.6 is 0 Å². The van der Waals surface area contributed by atoms with Crippen LogP contribution in [0, 0.1) is 34.3 Å². The van der Waals surface area contributed by atoms with Crippen molar-refractivity contribution in [2.24, 2.45) is 0 Å². The monoisotopic (exact) mass is 299 g/mol. The zero-order valence-corrected chi connectivity index (χ0v) is 10.4. The number of benzene rings is 1. The highest BCUT2D eigenvalue weighted by Gasteiger charge is 2.71. The van der Waals surface area contributed by atoms with Crippen LogP contribution in [0.3, 0.4) is 0 Å². The molecule has 1 aromatic rings. The number of rotatable bonds is 2. The van der Waals surface area contributed by atoms with E-state index in [2.05, 4.69) is 0 Å². The summed E-state index contributed by atoms with van der Waals surface area (Å²) in [6.45, 7) is 0.592. The number of nitrogens with zero attached hydrogens (tertiary/aromatic N) is 3. The quantitative estimate of drug-likeness (QED) is 0.622. The fourth-order valence-corrected chi connectivity index (χ4v) is 2.72. The predicted molar refractivity (Wildman–Crippen MR) is 58.6 cm³/mol. The molecule has 2 fully saturated rings. The highest BCUT2D eigenvalue weighted by atomic mass is 19.4. The molecule has 8 heteroatoms.